The summed E-state index contributed by atoms with van der Waals surface area (Å²) in [5.41, 5.74) is -2.02. The number of esters is 1. The van der Waals surface area contributed by atoms with Crippen LogP contribution in [0.3, 0.4) is 0 Å². The number of nitrogens with zero attached hydrogens (tertiary/aromatic N) is 1. The minimum absolute atomic E-state index is 0.0416. The smallest absolute Gasteiger partial charge is 0.416 e. The Balaban J connectivity index is 1.25. The molecule has 0 radical (unpaired) electrons. The Morgan fingerprint density at radius 1 is 0.875 bits per heavy atom. The molecular weight excluding hydrogens is 521 g/mol. The van der Waals surface area contributed by atoms with Gasteiger partial charge in [-0.25, -0.2) is 4.79 Å². The number of hydrogen-bond acceptors (Lipinski definition) is 4. The number of fused-ring (bicyclic) bond motifs is 3. The molecule has 3 aliphatic heterocycles. The van der Waals surface area contributed by atoms with E-state index in [4.69, 9.17) is 4.74 Å². The van der Waals surface area contributed by atoms with E-state index in [1.54, 1.807) is 48.5 Å². The van der Waals surface area contributed by atoms with Crippen molar-refractivity contribution < 1.29 is 37.1 Å². The van der Waals surface area contributed by atoms with Crippen LogP contribution in [0.4, 0.5) is 13.2 Å². The third-order valence-electron chi connectivity index (χ3n) is 8.30. The summed E-state index contributed by atoms with van der Waals surface area (Å²) in [6.07, 6.45) is -3.23. The lowest BCUT2D eigenvalue weighted by Gasteiger charge is -2.52. The molecule has 1 atom stereocenters. The lowest BCUT2D eigenvalue weighted by molar-refractivity contribution is -0.945. The lowest BCUT2D eigenvalue weighted by Crippen LogP contribution is -2.66. The first-order valence-corrected chi connectivity index (χ1v) is 13.5. The fourth-order valence-electron chi connectivity index (χ4n) is 6.00. The predicted octanol–water partition coefficient (Wildman–Crippen LogP) is 4.52. The second-order valence-corrected chi connectivity index (χ2v) is 10.8. The fraction of sp³-hybridized carbons (Fsp3) is 0.355. The van der Waals surface area contributed by atoms with Gasteiger partial charge in [0.25, 0.3) is 5.91 Å². The number of carbonyl (C=O) groups excluding carboxylic acids is 2. The van der Waals surface area contributed by atoms with Gasteiger partial charge in [0.05, 0.1) is 31.7 Å². The largest absolute Gasteiger partial charge is 0.453 e. The number of halogens is 3. The van der Waals surface area contributed by atoms with Crippen LogP contribution in [0.2, 0.25) is 0 Å². The van der Waals surface area contributed by atoms with Crippen LogP contribution in [0, 0.1) is 5.92 Å². The average Bonchev–Trinajstić information content (AvgIpc) is 2.97. The number of amides is 1. The molecule has 3 aromatic rings. The van der Waals surface area contributed by atoms with E-state index >= 15 is 0 Å². The molecule has 0 spiro atoms. The first-order valence-electron chi connectivity index (χ1n) is 13.5. The van der Waals surface area contributed by atoms with Crippen LogP contribution in [0.5, 0.6) is 0 Å². The van der Waals surface area contributed by atoms with Gasteiger partial charge in [0, 0.05) is 24.3 Å². The van der Waals surface area contributed by atoms with E-state index in [-0.39, 0.29) is 18.0 Å². The number of ether oxygens (including phenoxy) is 1. The molecule has 210 valence electrons. The van der Waals surface area contributed by atoms with E-state index in [2.05, 4.69) is 5.32 Å². The summed E-state index contributed by atoms with van der Waals surface area (Å²) in [5, 5.41) is 14.5. The third-order valence-corrected chi connectivity index (χ3v) is 8.30. The SMILES string of the molecule is O=C(NCC[N+]12CCC(CC1)[C@@H](OC(=O)C(O)(c1ccccc1)c1ccccc1)C2)c1cccc(C(F)(F)F)c1. The Kier molecular flexibility index (Phi) is 7.70. The highest BCUT2D eigenvalue weighted by Gasteiger charge is 2.50. The van der Waals surface area contributed by atoms with E-state index in [1.165, 1.54) is 12.1 Å². The summed E-state index contributed by atoms with van der Waals surface area (Å²) in [5.74, 6) is -1.10. The first-order chi connectivity index (χ1) is 19.1. The summed E-state index contributed by atoms with van der Waals surface area (Å²) in [4.78, 5) is 26.2. The van der Waals surface area contributed by atoms with Crippen LogP contribution >= 0.6 is 0 Å². The quantitative estimate of drug-likeness (QED) is 0.318. The highest BCUT2D eigenvalue weighted by molar-refractivity contribution is 5.94. The van der Waals surface area contributed by atoms with E-state index in [1.807, 2.05) is 12.1 Å². The summed E-state index contributed by atoms with van der Waals surface area (Å²) >= 11 is 0. The molecule has 2 bridgehead atoms. The van der Waals surface area contributed by atoms with E-state index in [0.29, 0.717) is 28.7 Å². The molecule has 0 saturated carbocycles. The van der Waals surface area contributed by atoms with E-state index < -0.39 is 35.3 Å². The van der Waals surface area contributed by atoms with Crippen LogP contribution < -0.4 is 5.32 Å². The van der Waals surface area contributed by atoms with Crippen molar-refractivity contribution in [1.29, 1.82) is 0 Å². The molecule has 3 saturated heterocycles. The highest BCUT2D eigenvalue weighted by atomic mass is 19.4. The standard InChI is InChI=1S/C31H31F3N2O4/c32-31(33,34)26-13-7-8-23(20-26)28(37)35-16-19-36-17-14-22(15-18-36)27(21-36)40-29(38)30(39,24-9-3-1-4-10-24)25-11-5-2-6-12-25/h1-13,20,22,27,39H,14-19,21H2/p+1/t22?,27-,36?/m0/s1. The van der Waals surface area contributed by atoms with Crippen LogP contribution in [0.1, 0.15) is 39.9 Å². The number of benzene rings is 3. The lowest BCUT2D eigenvalue weighted by atomic mass is 9.82. The van der Waals surface area contributed by atoms with Crippen LogP contribution in [0.15, 0.2) is 84.9 Å². The topological polar surface area (TPSA) is 75.6 Å². The van der Waals surface area contributed by atoms with Gasteiger partial charge in [-0.2, -0.15) is 13.2 Å². The molecule has 0 aliphatic carbocycles. The molecule has 3 aromatic carbocycles. The molecule has 6 rings (SSSR count). The maximum Gasteiger partial charge on any atom is 0.416 e. The highest BCUT2D eigenvalue weighted by Crippen LogP contribution is 2.38. The number of piperidine rings is 3. The molecular formula is C31H32F3N2O4+. The molecule has 1 amide bonds. The minimum Gasteiger partial charge on any atom is -0.453 e. The van der Waals surface area contributed by atoms with Crippen molar-refractivity contribution in [1.82, 2.24) is 5.32 Å². The minimum atomic E-state index is -4.52. The Labute approximate surface area is 231 Å². The van der Waals surface area contributed by atoms with Gasteiger partial charge in [-0.1, -0.05) is 66.7 Å². The van der Waals surface area contributed by atoms with Crippen molar-refractivity contribution in [3.8, 4) is 0 Å². The Bertz CT molecular complexity index is 1300. The summed E-state index contributed by atoms with van der Waals surface area (Å²) in [6, 6.07) is 21.8. The molecule has 3 aliphatic rings. The number of carbonyl (C=O) groups is 2. The van der Waals surface area contributed by atoms with Gasteiger partial charge >= 0.3 is 12.1 Å². The fourth-order valence-corrected chi connectivity index (χ4v) is 6.00. The average molecular weight is 554 g/mol. The van der Waals surface area contributed by atoms with Gasteiger partial charge in [-0.3, -0.25) is 4.79 Å². The Hall–Kier alpha value is -3.69. The zero-order valence-electron chi connectivity index (χ0n) is 21.9. The van der Waals surface area contributed by atoms with Gasteiger partial charge < -0.3 is 19.6 Å². The molecule has 9 heteroatoms. The summed E-state index contributed by atoms with van der Waals surface area (Å²) in [7, 11) is 0. The van der Waals surface area contributed by atoms with E-state index in [0.717, 1.165) is 38.1 Å². The zero-order valence-corrected chi connectivity index (χ0v) is 21.9. The molecule has 2 N–H and O–H groups in total. The first kappa shape index (κ1) is 27.9. The van der Waals surface area contributed by atoms with Crippen molar-refractivity contribution in [3.63, 3.8) is 0 Å². The second kappa shape index (κ2) is 11.1. The molecule has 0 unspecified atom stereocenters. The van der Waals surface area contributed by atoms with Crippen LogP contribution in [-0.4, -0.2) is 60.3 Å². The maximum atomic E-state index is 13.7. The van der Waals surface area contributed by atoms with Crippen molar-refractivity contribution in [3.05, 3.63) is 107 Å². The Morgan fingerprint density at radius 2 is 1.45 bits per heavy atom. The van der Waals surface area contributed by atoms with Crippen LogP contribution in [-0.2, 0) is 21.3 Å². The summed E-state index contributed by atoms with van der Waals surface area (Å²) in [6.45, 7) is 3.11. The van der Waals surface area contributed by atoms with Gasteiger partial charge in [0.15, 0.2) is 6.10 Å². The Morgan fingerprint density at radius 3 is 2.02 bits per heavy atom. The van der Waals surface area contributed by atoms with Crippen molar-refractivity contribution in [2.75, 3.05) is 32.7 Å². The maximum absolute atomic E-state index is 13.7. The number of nitrogens with one attached hydrogen (secondary N) is 1. The van der Waals surface area contributed by atoms with Crippen molar-refractivity contribution >= 4 is 11.9 Å². The van der Waals surface area contributed by atoms with Crippen LogP contribution in [0.25, 0.3) is 0 Å². The molecule has 0 aromatic heterocycles. The monoisotopic (exact) mass is 553 g/mol. The number of rotatable bonds is 8. The number of quaternary nitrogens is 1. The normalized spacial score (nSPS) is 22.5. The van der Waals surface area contributed by atoms with Gasteiger partial charge in [-0.15, -0.1) is 0 Å². The van der Waals surface area contributed by atoms with Crippen molar-refractivity contribution in [2.45, 2.75) is 30.7 Å². The predicted molar refractivity (Wildman–Crippen MR) is 142 cm³/mol. The number of alkyl halides is 3. The van der Waals surface area contributed by atoms with Gasteiger partial charge in [0.2, 0.25) is 5.60 Å². The number of hydrogen-bond donors (Lipinski definition) is 2. The summed E-state index contributed by atoms with van der Waals surface area (Å²) < 4.78 is 45.8. The molecule has 3 fully saturated rings. The third kappa shape index (κ3) is 5.62. The van der Waals surface area contributed by atoms with E-state index in [9.17, 15) is 27.9 Å². The second-order valence-electron chi connectivity index (χ2n) is 10.8. The number of aliphatic hydroxyl groups is 1. The van der Waals surface area contributed by atoms with Gasteiger partial charge in [0.1, 0.15) is 6.54 Å². The van der Waals surface area contributed by atoms with Crippen molar-refractivity contribution in [2.24, 2.45) is 5.92 Å². The molecule has 6 nitrogen and oxygen atoms in total. The molecule has 3 heterocycles. The molecule has 40 heavy (non-hydrogen) atoms. The zero-order chi connectivity index (χ0) is 28.4. The van der Waals surface area contributed by atoms with Gasteiger partial charge in [-0.05, 0) is 29.3 Å².